The lowest BCUT2D eigenvalue weighted by Gasteiger charge is -2.08. The fourth-order valence-electron chi connectivity index (χ4n) is 1.34. The summed E-state index contributed by atoms with van der Waals surface area (Å²) in [6.45, 7) is 3.49. The van der Waals surface area contributed by atoms with Gasteiger partial charge in [0.05, 0.1) is 5.71 Å². The van der Waals surface area contributed by atoms with Gasteiger partial charge in [-0.25, -0.2) is 0 Å². The number of rotatable bonds is 5. The summed E-state index contributed by atoms with van der Waals surface area (Å²) in [5.74, 6) is 0.690. The standard InChI is InChI=1S/C13H16N2O2/c1-10(15-16)3-4-12-5-7-13(8-6-12)17-11(2)9-14/h5-8,11,16H,3-4H2,1-2H3. The van der Waals surface area contributed by atoms with E-state index in [0.717, 1.165) is 18.4 Å². The van der Waals surface area contributed by atoms with Crippen LogP contribution in [-0.4, -0.2) is 17.0 Å². The van der Waals surface area contributed by atoms with Crippen LogP contribution in [-0.2, 0) is 6.42 Å². The van der Waals surface area contributed by atoms with Crippen LogP contribution in [0, 0.1) is 11.3 Å². The van der Waals surface area contributed by atoms with Crippen molar-refractivity contribution in [2.45, 2.75) is 32.8 Å². The molecule has 90 valence electrons. The fraction of sp³-hybridized carbons (Fsp3) is 0.385. The van der Waals surface area contributed by atoms with E-state index in [1.807, 2.05) is 30.3 Å². The summed E-state index contributed by atoms with van der Waals surface area (Å²) in [6.07, 6.45) is 1.11. The molecule has 0 amide bonds. The Morgan fingerprint density at radius 1 is 1.47 bits per heavy atom. The first-order valence-electron chi connectivity index (χ1n) is 5.48. The van der Waals surface area contributed by atoms with Crippen LogP contribution in [0.2, 0.25) is 0 Å². The highest BCUT2D eigenvalue weighted by molar-refractivity contribution is 5.81. The molecule has 0 fully saturated rings. The molecule has 1 aromatic rings. The Balaban J connectivity index is 2.54. The van der Waals surface area contributed by atoms with Gasteiger partial charge in [-0.1, -0.05) is 17.3 Å². The third kappa shape index (κ3) is 4.56. The van der Waals surface area contributed by atoms with Crippen LogP contribution in [0.4, 0.5) is 0 Å². The molecule has 0 aliphatic carbocycles. The molecule has 0 saturated carbocycles. The minimum absolute atomic E-state index is 0.440. The molecule has 0 aliphatic heterocycles. The number of benzene rings is 1. The second-order valence-corrected chi connectivity index (χ2v) is 3.87. The van der Waals surface area contributed by atoms with Crippen LogP contribution in [0.5, 0.6) is 5.75 Å². The van der Waals surface area contributed by atoms with E-state index in [9.17, 15) is 0 Å². The number of ether oxygens (including phenoxy) is 1. The van der Waals surface area contributed by atoms with Gasteiger partial charge in [-0.3, -0.25) is 0 Å². The molecule has 0 bridgehead atoms. The maximum atomic E-state index is 8.61. The quantitative estimate of drug-likeness (QED) is 0.482. The third-order valence-electron chi connectivity index (χ3n) is 2.36. The second-order valence-electron chi connectivity index (χ2n) is 3.87. The van der Waals surface area contributed by atoms with E-state index in [-0.39, 0.29) is 0 Å². The molecule has 0 saturated heterocycles. The molecule has 4 heteroatoms. The Kier molecular flexibility index (Phi) is 5.02. The number of aryl methyl sites for hydroxylation is 1. The van der Waals surface area contributed by atoms with Gasteiger partial charge >= 0.3 is 0 Å². The molecule has 17 heavy (non-hydrogen) atoms. The predicted octanol–water partition coefficient (Wildman–Crippen LogP) is 2.76. The molecule has 0 aliphatic rings. The van der Waals surface area contributed by atoms with Gasteiger partial charge in [0.25, 0.3) is 0 Å². The van der Waals surface area contributed by atoms with Crippen molar-refractivity contribution >= 4 is 5.71 Å². The van der Waals surface area contributed by atoms with Gasteiger partial charge < -0.3 is 9.94 Å². The number of hydrogen-bond acceptors (Lipinski definition) is 4. The van der Waals surface area contributed by atoms with E-state index in [2.05, 4.69) is 5.16 Å². The normalized spacial score (nSPS) is 12.9. The van der Waals surface area contributed by atoms with Crippen LogP contribution in [0.3, 0.4) is 0 Å². The Labute approximate surface area is 101 Å². The minimum atomic E-state index is -0.440. The van der Waals surface area contributed by atoms with E-state index in [1.54, 1.807) is 13.8 Å². The summed E-state index contributed by atoms with van der Waals surface area (Å²) >= 11 is 0. The van der Waals surface area contributed by atoms with Gasteiger partial charge in [0, 0.05) is 0 Å². The van der Waals surface area contributed by atoms with Gasteiger partial charge in [-0.2, -0.15) is 5.26 Å². The number of oxime groups is 1. The lowest BCUT2D eigenvalue weighted by atomic mass is 10.1. The number of hydrogen-bond donors (Lipinski definition) is 1. The summed E-state index contributed by atoms with van der Waals surface area (Å²) in [4.78, 5) is 0. The molecule has 1 N–H and O–H groups in total. The van der Waals surface area contributed by atoms with Crippen LogP contribution >= 0.6 is 0 Å². The number of nitriles is 1. The van der Waals surface area contributed by atoms with Crippen molar-refractivity contribution in [2.75, 3.05) is 0 Å². The molecule has 4 nitrogen and oxygen atoms in total. The number of nitrogens with zero attached hydrogens (tertiary/aromatic N) is 2. The van der Waals surface area contributed by atoms with E-state index >= 15 is 0 Å². The first kappa shape index (κ1) is 13.0. The Morgan fingerprint density at radius 2 is 2.12 bits per heavy atom. The topological polar surface area (TPSA) is 65.6 Å². The monoisotopic (exact) mass is 232 g/mol. The van der Waals surface area contributed by atoms with Crippen molar-refractivity contribution in [3.8, 4) is 11.8 Å². The first-order valence-corrected chi connectivity index (χ1v) is 5.48. The summed E-state index contributed by atoms with van der Waals surface area (Å²) in [6, 6.07) is 9.59. The zero-order valence-corrected chi connectivity index (χ0v) is 10.1. The average Bonchev–Trinajstić information content (AvgIpc) is 2.37. The van der Waals surface area contributed by atoms with E-state index < -0.39 is 6.10 Å². The zero-order valence-electron chi connectivity index (χ0n) is 10.1. The highest BCUT2D eigenvalue weighted by atomic mass is 16.5. The molecular formula is C13H16N2O2. The summed E-state index contributed by atoms with van der Waals surface area (Å²) in [5, 5.41) is 20.3. The van der Waals surface area contributed by atoms with Crippen molar-refractivity contribution in [1.29, 1.82) is 5.26 Å². The highest BCUT2D eigenvalue weighted by Gasteiger charge is 2.01. The van der Waals surface area contributed by atoms with Crippen molar-refractivity contribution in [1.82, 2.24) is 0 Å². The smallest absolute Gasteiger partial charge is 0.181 e. The predicted molar refractivity (Wildman–Crippen MR) is 65.4 cm³/mol. The van der Waals surface area contributed by atoms with Crippen LogP contribution in [0.25, 0.3) is 0 Å². The molecule has 0 spiro atoms. The van der Waals surface area contributed by atoms with Crippen LogP contribution in [0.1, 0.15) is 25.8 Å². The Morgan fingerprint density at radius 3 is 2.65 bits per heavy atom. The molecule has 0 radical (unpaired) electrons. The zero-order chi connectivity index (χ0) is 12.7. The third-order valence-corrected chi connectivity index (χ3v) is 2.36. The maximum absolute atomic E-state index is 8.61. The molecule has 1 unspecified atom stereocenters. The van der Waals surface area contributed by atoms with Crippen molar-refractivity contribution in [2.24, 2.45) is 5.16 Å². The minimum Gasteiger partial charge on any atom is -0.476 e. The largest absolute Gasteiger partial charge is 0.476 e. The van der Waals surface area contributed by atoms with Gasteiger partial charge in [-0.15, -0.1) is 0 Å². The van der Waals surface area contributed by atoms with Gasteiger partial charge in [0.15, 0.2) is 6.10 Å². The van der Waals surface area contributed by atoms with Gasteiger partial charge in [0.2, 0.25) is 0 Å². The fourth-order valence-corrected chi connectivity index (χ4v) is 1.34. The van der Waals surface area contributed by atoms with E-state index in [1.165, 1.54) is 0 Å². The molecule has 0 aromatic heterocycles. The molecule has 1 atom stereocenters. The SMILES string of the molecule is CC(CCc1ccc(OC(C)C#N)cc1)=NO. The average molecular weight is 232 g/mol. The Hall–Kier alpha value is -2.02. The van der Waals surface area contributed by atoms with Gasteiger partial charge in [-0.05, 0) is 44.4 Å². The van der Waals surface area contributed by atoms with E-state index in [4.69, 9.17) is 15.2 Å². The summed E-state index contributed by atoms with van der Waals surface area (Å²) in [5.41, 5.74) is 1.85. The molecule has 1 rings (SSSR count). The van der Waals surface area contributed by atoms with E-state index in [0.29, 0.717) is 11.5 Å². The lowest BCUT2D eigenvalue weighted by Crippen LogP contribution is -2.07. The van der Waals surface area contributed by atoms with Crippen molar-refractivity contribution in [3.63, 3.8) is 0 Å². The molecule has 1 aromatic carbocycles. The maximum Gasteiger partial charge on any atom is 0.181 e. The van der Waals surface area contributed by atoms with Crippen molar-refractivity contribution in [3.05, 3.63) is 29.8 Å². The summed E-state index contributed by atoms with van der Waals surface area (Å²) in [7, 11) is 0. The second kappa shape index (κ2) is 6.54. The first-order chi connectivity index (χ1) is 8.15. The summed E-state index contributed by atoms with van der Waals surface area (Å²) < 4.78 is 5.34. The van der Waals surface area contributed by atoms with Gasteiger partial charge in [0.1, 0.15) is 11.8 Å². The van der Waals surface area contributed by atoms with Crippen LogP contribution in [0.15, 0.2) is 29.4 Å². The van der Waals surface area contributed by atoms with Crippen LogP contribution < -0.4 is 4.74 Å². The molecular weight excluding hydrogens is 216 g/mol. The lowest BCUT2D eigenvalue weighted by molar-refractivity contribution is 0.276. The van der Waals surface area contributed by atoms with Crippen molar-refractivity contribution < 1.29 is 9.94 Å². The molecule has 0 heterocycles. The highest BCUT2D eigenvalue weighted by Crippen LogP contribution is 2.14. The Bertz CT molecular complexity index is 418.